The van der Waals surface area contributed by atoms with Crippen LogP contribution < -0.4 is 11.1 Å². The summed E-state index contributed by atoms with van der Waals surface area (Å²) in [6, 6.07) is 0. The summed E-state index contributed by atoms with van der Waals surface area (Å²) in [6.45, 7) is 4.77. The van der Waals surface area contributed by atoms with E-state index in [9.17, 15) is 0 Å². The van der Waals surface area contributed by atoms with Crippen LogP contribution in [-0.4, -0.2) is 18.1 Å². The van der Waals surface area contributed by atoms with Crippen LogP contribution in [-0.2, 0) is 13.0 Å². The second kappa shape index (κ2) is 6.07. The van der Waals surface area contributed by atoms with Crippen molar-refractivity contribution in [3.05, 3.63) is 16.1 Å². The first-order valence-corrected chi connectivity index (χ1v) is 5.52. The van der Waals surface area contributed by atoms with Crippen molar-refractivity contribution in [1.82, 2.24) is 10.3 Å². The number of nitrogens with zero attached hydrogens (tertiary/aromatic N) is 1. The number of aromatic nitrogens is 1. The molecule has 0 aromatic carbocycles. The maximum atomic E-state index is 5.38. The zero-order chi connectivity index (χ0) is 9.52. The van der Waals surface area contributed by atoms with Gasteiger partial charge >= 0.3 is 0 Å². The molecule has 0 radical (unpaired) electrons. The van der Waals surface area contributed by atoms with Gasteiger partial charge in [0.2, 0.25) is 0 Å². The normalized spacial score (nSPS) is 10.6. The van der Waals surface area contributed by atoms with Gasteiger partial charge in [-0.15, -0.1) is 11.3 Å². The van der Waals surface area contributed by atoms with Gasteiger partial charge in [-0.3, -0.25) is 0 Å². The largest absolute Gasteiger partial charge is 0.330 e. The molecular formula is C9H17N3S. The number of aryl methyl sites for hydroxylation is 1. The fraction of sp³-hybridized carbons (Fsp3) is 0.667. The molecule has 0 saturated carbocycles. The van der Waals surface area contributed by atoms with Gasteiger partial charge in [0, 0.05) is 17.6 Å². The zero-order valence-electron chi connectivity index (χ0n) is 8.05. The Balaban J connectivity index is 2.20. The summed E-state index contributed by atoms with van der Waals surface area (Å²) in [5.41, 5.74) is 5.38. The Morgan fingerprint density at radius 1 is 1.62 bits per heavy atom. The van der Waals surface area contributed by atoms with Crippen LogP contribution in [0.15, 0.2) is 6.20 Å². The van der Waals surface area contributed by atoms with Crippen molar-refractivity contribution in [3.63, 3.8) is 0 Å². The molecule has 0 aliphatic carbocycles. The smallest absolute Gasteiger partial charge is 0.107 e. The van der Waals surface area contributed by atoms with Gasteiger partial charge in [0.1, 0.15) is 5.01 Å². The number of hydrogen-bond acceptors (Lipinski definition) is 4. The van der Waals surface area contributed by atoms with Crippen LogP contribution in [0.5, 0.6) is 0 Å². The van der Waals surface area contributed by atoms with E-state index in [2.05, 4.69) is 17.2 Å². The Labute approximate surface area is 83.4 Å². The summed E-state index contributed by atoms with van der Waals surface area (Å²) in [4.78, 5) is 5.67. The van der Waals surface area contributed by atoms with Crippen LogP contribution in [0.25, 0.3) is 0 Å². The molecular weight excluding hydrogens is 182 g/mol. The van der Waals surface area contributed by atoms with Crippen molar-refractivity contribution in [1.29, 1.82) is 0 Å². The summed E-state index contributed by atoms with van der Waals surface area (Å²) >= 11 is 1.79. The van der Waals surface area contributed by atoms with Crippen molar-refractivity contribution < 1.29 is 0 Å². The first kappa shape index (κ1) is 10.6. The van der Waals surface area contributed by atoms with E-state index in [-0.39, 0.29) is 0 Å². The molecule has 13 heavy (non-hydrogen) atoms. The predicted octanol–water partition coefficient (Wildman–Crippen LogP) is 1.14. The molecule has 0 aliphatic heterocycles. The van der Waals surface area contributed by atoms with E-state index in [0.717, 1.165) is 32.5 Å². The van der Waals surface area contributed by atoms with Crippen molar-refractivity contribution in [3.8, 4) is 0 Å². The van der Waals surface area contributed by atoms with Gasteiger partial charge < -0.3 is 11.1 Å². The number of hydrogen-bond donors (Lipinski definition) is 2. The Bertz CT molecular complexity index is 235. The number of thiazole rings is 1. The number of nitrogens with two attached hydrogens (primary N) is 1. The fourth-order valence-electron chi connectivity index (χ4n) is 1.02. The molecule has 0 amide bonds. The summed E-state index contributed by atoms with van der Waals surface area (Å²) < 4.78 is 0. The first-order valence-electron chi connectivity index (χ1n) is 4.71. The highest BCUT2D eigenvalue weighted by atomic mass is 32.1. The maximum Gasteiger partial charge on any atom is 0.107 e. The average molecular weight is 199 g/mol. The SMILES string of the molecule is CCc1cnc(CNCCCN)s1. The van der Waals surface area contributed by atoms with Gasteiger partial charge in [-0.2, -0.15) is 0 Å². The van der Waals surface area contributed by atoms with Gasteiger partial charge in [0.25, 0.3) is 0 Å². The molecule has 3 nitrogen and oxygen atoms in total. The monoisotopic (exact) mass is 199 g/mol. The van der Waals surface area contributed by atoms with Crippen LogP contribution in [0.1, 0.15) is 23.2 Å². The molecule has 74 valence electrons. The van der Waals surface area contributed by atoms with E-state index in [4.69, 9.17) is 5.73 Å². The van der Waals surface area contributed by atoms with Gasteiger partial charge in [0.15, 0.2) is 0 Å². The predicted molar refractivity (Wildman–Crippen MR) is 56.9 cm³/mol. The first-order chi connectivity index (χ1) is 6.36. The van der Waals surface area contributed by atoms with E-state index in [1.54, 1.807) is 11.3 Å². The highest BCUT2D eigenvalue weighted by molar-refractivity contribution is 7.11. The van der Waals surface area contributed by atoms with Gasteiger partial charge in [-0.05, 0) is 25.9 Å². The molecule has 0 saturated heterocycles. The number of nitrogens with one attached hydrogen (secondary N) is 1. The van der Waals surface area contributed by atoms with Crippen LogP contribution >= 0.6 is 11.3 Å². The standard InChI is InChI=1S/C9H17N3S/c1-2-8-6-12-9(13-8)7-11-5-3-4-10/h6,11H,2-5,7,10H2,1H3. The minimum Gasteiger partial charge on any atom is -0.330 e. The minimum atomic E-state index is 0.755. The van der Waals surface area contributed by atoms with Crippen LogP contribution in [0.3, 0.4) is 0 Å². The lowest BCUT2D eigenvalue weighted by molar-refractivity contribution is 0.653. The van der Waals surface area contributed by atoms with Crippen molar-refractivity contribution in [2.24, 2.45) is 5.73 Å². The molecule has 1 rings (SSSR count). The third-order valence-electron chi connectivity index (χ3n) is 1.78. The molecule has 0 unspecified atom stereocenters. The van der Waals surface area contributed by atoms with Crippen LogP contribution in [0.4, 0.5) is 0 Å². The molecule has 1 aromatic rings. The molecule has 1 heterocycles. The Hall–Kier alpha value is -0.450. The van der Waals surface area contributed by atoms with E-state index < -0.39 is 0 Å². The zero-order valence-corrected chi connectivity index (χ0v) is 8.86. The van der Waals surface area contributed by atoms with E-state index in [1.165, 1.54) is 9.88 Å². The summed E-state index contributed by atoms with van der Waals surface area (Å²) in [6.07, 6.45) is 4.08. The molecule has 1 aromatic heterocycles. The molecule has 0 fully saturated rings. The quantitative estimate of drug-likeness (QED) is 0.676. The van der Waals surface area contributed by atoms with Crippen LogP contribution in [0, 0.1) is 0 Å². The summed E-state index contributed by atoms with van der Waals surface area (Å²) in [5.74, 6) is 0. The molecule has 4 heteroatoms. The van der Waals surface area contributed by atoms with E-state index in [1.807, 2.05) is 6.20 Å². The maximum absolute atomic E-state index is 5.38. The highest BCUT2D eigenvalue weighted by Gasteiger charge is 1.98. The van der Waals surface area contributed by atoms with E-state index >= 15 is 0 Å². The van der Waals surface area contributed by atoms with Crippen molar-refractivity contribution >= 4 is 11.3 Å². The second-order valence-electron chi connectivity index (χ2n) is 2.89. The van der Waals surface area contributed by atoms with Gasteiger partial charge in [0.05, 0.1) is 0 Å². The van der Waals surface area contributed by atoms with E-state index in [0.29, 0.717) is 0 Å². The lowest BCUT2D eigenvalue weighted by atomic mass is 10.4. The fourth-order valence-corrected chi connectivity index (χ4v) is 1.85. The summed E-state index contributed by atoms with van der Waals surface area (Å²) in [5, 5.41) is 4.48. The third-order valence-corrected chi connectivity index (χ3v) is 2.93. The Morgan fingerprint density at radius 2 is 2.46 bits per heavy atom. The minimum absolute atomic E-state index is 0.755. The van der Waals surface area contributed by atoms with Gasteiger partial charge in [-0.25, -0.2) is 4.98 Å². The molecule has 0 aliphatic rings. The topological polar surface area (TPSA) is 50.9 Å². The lowest BCUT2D eigenvalue weighted by Crippen LogP contribution is -2.17. The number of rotatable bonds is 6. The van der Waals surface area contributed by atoms with Crippen LogP contribution in [0.2, 0.25) is 0 Å². The van der Waals surface area contributed by atoms with Crippen molar-refractivity contribution in [2.75, 3.05) is 13.1 Å². The molecule has 0 atom stereocenters. The highest BCUT2D eigenvalue weighted by Crippen LogP contribution is 2.12. The Morgan fingerprint density at radius 3 is 3.08 bits per heavy atom. The van der Waals surface area contributed by atoms with Gasteiger partial charge in [-0.1, -0.05) is 6.92 Å². The molecule has 3 N–H and O–H groups in total. The molecule has 0 bridgehead atoms. The molecule has 0 spiro atoms. The van der Waals surface area contributed by atoms with Crippen molar-refractivity contribution in [2.45, 2.75) is 26.3 Å². The Kier molecular flexibility index (Phi) is 4.97. The second-order valence-corrected chi connectivity index (χ2v) is 4.09. The summed E-state index contributed by atoms with van der Waals surface area (Å²) in [7, 11) is 0. The average Bonchev–Trinajstić information content (AvgIpc) is 2.60. The lowest BCUT2D eigenvalue weighted by Gasteiger charge is -1.99. The third kappa shape index (κ3) is 3.85.